The number of para-hydroxylation sites is 3. The lowest BCUT2D eigenvalue weighted by Crippen LogP contribution is -2.11. The molecule has 0 aliphatic heterocycles. The van der Waals surface area contributed by atoms with Gasteiger partial charge in [-0.15, -0.1) is 0 Å². The molecule has 0 aliphatic rings. The first-order valence-corrected chi connectivity index (χ1v) is 17.4. The van der Waals surface area contributed by atoms with E-state index in [1.807, 2.05) is 12.1 Å². The van der Waals surface area contributed by atoms with Gasteiger partial charge >= 0.3 is 0 Å². The Balaban J connectivity index is 1.21. The first-order valence-electron chi connectivity index (χ1n) is 17.4. The number of furan rings is 1. The topological polar surface area (TPSA) is 21.3 Å². The minimum atomic E-state index is 0.880. The number of hydrogen-bond donors (Lipinski definition) is 0. The van der Waals surface area contributed by atoms with Crippen molar-refractivity contribution in [1.29, 1.82) is 0 Å². The van der Waals surface area contributed by atoms with Crippen LogP contribution in [0.15, 0.2) is 199 Å². The Hall–Kier alpha value is -6.84. The summed E-state index contributed by atoms with van der Waals surface area (Å²) in [7, 11) is 0. The van der Waals surface area contributed by atoms with E-state index in [1.165, 1.54) is 33.0 Å². The Kier molecular flexibility index (Phi) is 6.81. The van der Waals surface area contributed by atoms with Gasteiger partial charge in [0.15, 0.2) is 0 Å². The van der Waals surface area contributed by atoms with E-state index in [0.29, 0.717) is 0 Å². The standard InChI is InChI=1S/C48H32N2O/c1-3-13-33(14-4-1)34-23-25-36(26-24-34)50-45-21-11-8-18-40(45)41-29-27-38(32-46(41)50)49(44-20-10-7-17-39(44)35-15-5-2-6-16-35)37-28-30-48-43(31-37)42-19-9-12-22-47(42)51-48/h1-32H. The van der Waals surface area contributed by atoms with Crippen molar-refractivity contribution in [2.75, 3.05) is 4.90 Å². The molecule has 3 heteroatoms. The van der Waals surface area contributed by atoms with E-state index < -0.39 is 0 Å². The summed E-state index contributed by atoms with van der Waals surface area (Å²) in [5.41, 5.74) is 13.2. The van der Waals surface area contributed by atoms with Gasteiger partial charge in [0.1, 0.15) is 11.2 Å². The summed E-state index contributed by atoms with van der Waals surface area (Å²) < 4.78 is 8.66. The maximum Gasteiger partial charge on any atom is 0.135 e. The molecule has 0 N–H and O–H groups in total. The Labute approximate surface area is 295 Å². The fourth-order valence-corrected chi connectivity index (χ4v) is 7.62. The molecular weight excluding hydrogens is 621 g/mol. The fourth-order valence-electron chi connectivity index (χ4n) is 7.62. The first-order chi connectivity index (χ1) is 25.3. The van der Waals surface area contributed by atoms with Crippen molar-refractivity contribution in [3.05, 3.63) is 194 Å². The minimum absolute atomic E-state index is 0.880. The summed E-state index contributed by atoms with van der Waals surface area (Å²) in [6, 6.07) is 69.3. The lowest BCUT2D eigenvalue weighted by Gasteiger charge is -2.28. The van der Waals surface area contributed by atoms with E-state index in [0.717, 1.165) is 55.8 Å². The molecule has 8 aromatic carbocycles. The monoisotopic (exact) mass is 652 g/mol. The smallest absolute Gasteiger partial charge is 0.135 e. The molecule has 10 aromatic rings. The van der Waals surface area contributed by atoms with Crippen molar-refractivity contribution in [3.63, 3.8) is 0 Å². The highest BCUT2D eigenvalue weighted by Crippen LogP contribution is 2.44. The van der Waals surface area contributed by atoms with Crippen LogP contribution < -0.4 is 4.90 Å². The molecule has 0 saturated heterocycles. The number of benzene rings is 8. The van der Waals surface area contributed by atoms with Crippen LogP contribution in [0.2, 0.25) is 0 Å². The molecule has 2 heterocycles. The molecule has 0 unspecified atom stereocenters. The van der Waals surface area contributed by atoms with Crippen LogP contribution >= 0.6 is 0 Å². The molecule has 51 heavy (non-hydrogen) atoms. The van der Waals surface area contributed by atoms with Gasteiger partial charge in [-0.2, -0.15) is 0 Å². The third-order valence-electron chi connectivity index (χ3n) is 10.00. The summed E-state index contributed by atoms with van der Waals surface area (Å²) >= 11 is 0. The number of aromatic nitrogens is 1. The molecule has 3 nitrogen and oxygen atoms in total. The van der Waals surface area contributed by atoms with E-state index in [4.69, 9.17) is 4.42 Å². The van der Waals surface area contributed by atoms with Gasteiger partial charge in [-0.3, -0.25) is 0 Å². The molecule has 0 fully saturated rings. The summed E-state index contributed by atoms with van der Waals surface area (Å²) in [6.45, 7) is 0. The maximum atomic E-state index is 6.26. The highest BCUT2D eigenvalue weighted by molar-refractivity contribution is 6.11. The average Bonchev–Trinajstić information content (AvgIpc) is 3.74. The zero-order valence-electron chi connectivity index (χ0n) is 27.8. The predicted molar refractivity (Wildman–Crippen MR) is 214 cm³/mol. The van der Waals surface area contributed by atoms with E-state index in [1.54, 1.807) is 0 Å². The molecule has 0 spiro atoms. The predicted octanol–water partition coefficient (Wildman–Crippen LogP) is 13.5. The van der Waals surface area contributed by atoms with Crippen molar-refractivity contribution < 1.29 is 4.42 Å². The van der Waals surface area contributed by atoms with Crippen LogP contribution in [0, 0.1) is 0 Å². The lowest BCUT2D eigenvalue weighted by atomic mass is 10.0. The van der Waals surface area contributed by atoms with Crippen LogP contribution in [0.1, 0.15) is 0 Å². The molecule has 0 radical (unpaired) electrons. The fraction of sp³-hybridized carbons (Fsp3) is 0. The number of hydrogen-bond acceptors (Lipinski definition) is 2. The van der Waals surface area contributed by atoms with Crippen molar-refractivity contribution in [2.24, 2.45) is 0 Å². The number of nitrogens with zero attached hydrogens (tertiary/aromatic N) is 2. The molecule has 2 aromatic heterocycles. The van der Waals surface area contributed by atoms with Gasteiger partial charge in [0.05, 0.1) is 16.7 Å². The van der Waals surface area contributed by atoms with Crippen molar-refractivity contribution >= 4 is 60.8 Å². The van der Waals surface area contributed by atoms with Gasteiger partial charge in [-0.05, 0) is 77.4 Å². The van der Waals surface area contributed by atoms with Crippen LogP contribution in [0.25, 0.3) is 71.7 Å². The van der Waals surface area contributed by atoms with Crippen LogP contribution in [-0.4, -0.2) is 4.57 Å². The molecule has 10 rings (SSSR count). The van der Waals surface area contributed by atoms with E-state index in [2.05, 4.69) is 191 Å². The third kappa shape index (κ3) is 4.90. The van der Waals surface area contributed by atoms with E-state index >= 15 is 0 Å². The Morgan fingerprint density at radius 3 is 1.78 bits per heavy atom. The van der Waals surface area contributed by atoms with Crippen LogP contribution in [0.3, 0.4) is 0 Å². The maximum absolute atomic E-state index is 6.26. The van der Waals surface area contributed by atoms with Crippen molar-refractivity contribution in [1.82, 2.24) is 4.57 Å². The molecule has 0 bridgehead atoms. The summed E-state index contributed by atoms with van der Waals surface area (Å²) in [5, 5.41) is 4.65. The summed E-state index contributed by atoms with van der Waals surface area (Å²) in [4.78, 5) is 2.39. The van der Waals surface area contributed by atoms with Gasteiger partial charge in [0.25, 0.3) is 0 Å². The summed E-state index contributed by atoms with van der Waals surface area (Å²) in [6.07, 6.45) is 0. The number of fused-ring (bicyclic) bond motifs is 6. The zero-order chi connectivity index (χ0) is 33.7. The lowest BCUT2D eigenvalue weighted by molar-refractivity contribution is 0.669. The molecular formula is C48H32N2O. The first kappa shape index (κ1) is 29.1. The quantitative estimate of drug-likeness (QED) is 0.178. The normalized spacial score (nSPS) is 11.5. The second-order valence-electron chi connectivity index (χ2n) is 13.0. The molecule has 0 amide bonds. The highest BCUT2D eigenvalue weighted by Gasteiger charge is 2.21. The SMILES string of the molecule is c1ccc(-c2ccc(-n3c4ccccc4c4ccc(N(c5ccc6oc7ccccc7c6c5)c5ccccc5-c5ccccc5)cc43)cc2)cc1. The van der Waals surface area contributed by atoms with E-state index in [9.17, 15) is 0 Å². The number of rotatable bonds is 6. The van der Waals surface area contributed by atoms with Gasteiger partial charge in [0.2, 0.25) is 0 Å². The van der Waals surface area contributed by atoms with Gasteiger partial charge < -0.3 is 13.9 Å². The Morgan fingerprint density at radius 1 is 0.373 bits per heavy atom. The zero-order valence-corrected chi connectivity index (χ0v) is 27.8. The largest absolute Gasteiger partial charge is 0.456 e. The second-order valence-corrected chi connectivity index (χ2v) is 13.0. The molecule has 240 valence electrons. The molecule has 0 saturated carbocycles. The van der Waals surface area contributed by atoms with E-state index in [-0.39, 0.29) is 0 Å². The molecule has 0 aliphatic carbocycles. The Bertz CT molecular complexity index is 2850. The van der Waals surface area contributed by atoms with Gasteiger partial charge in [0, 0.05) is 44.2 Å². The summed E-state index contributed by atoms with van der Waals surface area (Å²) in [5.74, 6) is 0. The highest BCUT2D eigenvalue weighted by atomic mass is 16.3. The second kappa shape index (κ2) is 11.9. The molecule has 0 atom stereocenters. The van der Waals surface area contributed by atoms with Gasteiger partial charge in [-0.25, -0.2) is 0 Å². The van der Waals surface area contributed by atoms with Crippen molar-refractivity contribution in [3.8, 4) is 27.9 Å². The Morgan fingerprint density at radius 2 is 0.961 bits per heavy atom. The number of anilines is 3. The minimum Gasteiger partial charge on any atom is -0.456 e. The van der Waals surface area contributed by atoms with Crippen molar-refractivity contribution in [2.45, 2.75) is 0 Å². The third-order valence-corrected chi connectivity index (χ3v) is 10.00. The van der Waals surface area contributed by atoms with Gasteiger partial charge in [-0.1, -0.05) is 133 Å². The average molecular weight is 653 g/mol. The van der Waals surface area contributed by atoms with Crippen LogP contribution in [0.4, 0.5) is 17.1 Å². The van der Waals surface area contributed by atoms with Crippen LogP contribution in [-0.2, 0) is 0 Å². The van der Waals surface area contributed by atoms with Crippen LogP contribution in [0.5, 0.6) is 0 Å².